The van der Waals surface area contributed by atoms with Crippen molar-refractivity contribution in [1.29, 1.82) is 0 Å². The molecule has 1 aliphatic heterocycles. The number of hydrogen-bond acceptors (Lipinski definition) is 3. The molecule has 2 heterocycles. The van der Waals surface area contributed by atoms with Crippen LogP contribution in [-0.2, 0) is 17.8 Å². The van der Waals surface area contributed by atoms with Gasteiger partial charge >= 0.3 is 0 Å². The number of nitrogens with two attached hydrogens (primary N) is 1. The molecule has 21 heavy (non-hydrogen) atoms. The molecule has 5 nitrogen and oxygen atoms in total. The van der Waals surface area contributed by atoms with E-state index in [2.05, 4.69) is 25.9 Å². The number of likely N-dealkylation sites (tertiary alicyclic amines) is 1. The molecule has 118 valence electrons. The second kappa shape index (κ2) is 6.60. The summed E-state index contributed by atoms with van der Waals surface area (Å²) < 4.78 is 2.03. The summed E-state index contributed by atoms with van der Waals surface area (Å²) in [5.41, 5.74) is 8.95. The van der Waals surface area contributed by atoms with Crippen molar-refractivity contribution in [3.05, 3.63) is 17.0 Å². The predicted octanol–water partition coefficient (Wildman–Crippen LogP) is 1.65. The highest BCUT2D eigenvalue weighted by molar-refractivity contribution is 5.80. The van der Waals surface area contributed by atoms with E-state index in [1.54, 1.807) is 0 Å². The minimum absolute atomic E-state index is 0.193. The average molecular weight is 292 g/mol. The Kier molecular flexibility index (Phi) is 5.04. The average Bonchev–Trinajstić information content (AvgIpc) is 2.98. The Labute approximate surface area is 127 Å². The van der Waals surface area contributed by atoms with E-state index >= 15 is 0 Å². The summed E-state index contributed by atoms with van der Waals surface area (Å²) in [6.07, 6.45) is 2.55. The smallest absolute Gasteiger partial charge is 0.227 e. The van der Waals surface area contributed by atoms with Gasteiger partial charge in [0.2, 0.25) is 5.91 Å². The van der Waals surface area contributed by atoms with Gasteiger partial charge in [-0.3, -0.25) is 9.48 Å². The summed E-state index contributed by atoms with van der Waals surface area (Å²) in [6.45, 7) is 10.7. The van der Waals surface area contributed by atoms with Gasteiger partial charge < -0.3 is 10.6 Å². The number of carbonyl (C=O) groups is 1. The maximum absolute atomic E-state index is 12.6. The molecule has 1 aromatic heterocycles. The molecule has 1 amide bonds. The van der Waals surface area contributed by atoms with Crippen molar-refractivity contribution in [2.75, 3.05) is 13.1 Å². The molecule has 1 atom stereocenters. The Morgan fingerprint density at radius 3 is 2.76 bits per heavy atom. The third-order valence-electron chi connectivity index (χ3n) is 4.37. The van der Waals surface area contributed by atoms with E-state index in [0.29, 0.717) is 18.9 Å². The van der Waals surface area contributed by atoms with Gasteiger partial charge in [0.15, 0.2) is 0 Å². The van der Waals surface area contributed by atoms with Crippen LogP contribution in [0.5, 0.6) is 0 Å². The van der Waals surface area contributed by atoms with Crippen LogP contribution in [0.4, 0.5) is 0 Å². The quantitative estimate of drug-likeness (QED) is 0.897. The molecule has 1 aromatic rings. The fourth-order valence-corrected chi connectivity index (χ4v) is 3.18. The predicted molar refractivity (Wildman–Crippen MR) is 84.0 cm³/mol. The van der Waals surface area contributed by atoms with E-state index in [4.69, 9.17) is 5.73 Å². The molecule has 0 bridgehead atoms. The van der Waals surface area contributed by atoms with E-state index < -0.39 is 0 Å². The molecule has 0 aliphatic carbocycles. The second-order valence-electron chi connectivity index (χ2n) is 6.52. The number of aryl methyl sites for hydroxylation is 1. The molecule has 0 aromatic carbocycles. The number of amides is 1. The highest BCUT2D eigenvalue weighted by Gasteiger charge is 2.28. The monoisotopic (exact) mass is 292 g/mol. The molecule has 2 rings (SSSR count). The largest absolute Gasteiger partial charge is 0.338 e. The van der Waals surface area contributed by atoms with Crippen LogP contribution in [-0.4, -0.2) is 39.7 Å². The fourth-order valence-electron chi connectivity index (χ4n) is 3.18. The van der Waals surface area contributed by atoms with E-state index in [1.807, 2.05) is 16.5 Å². The Morgan fingerprint density at radius 2 is 2.14 bits per heavy atom. The minimum Gasteiger partial charge on any atom is -0.338 e. The molecule has 0 spiro atoms. The standard InChI is InChI=1S/C16H28N4O/c1-11(2)10-20-13(4)15(12(3)18-20)8-16(21)19-7-5-6-14(19)9-17/h11,14H,5-10,17H2,1-4H3. The SMILES string of the molecule is Cc1nn(CC(C)C)c(C)c1CC(=O)N1CCCC1CN. The molecule has 1 fully saturated rings. The van der Waals surface area contributed by atoms with Crippen LogP contribution in [0.3, 0.4) is 0 Å². The third kappa shape index (κ3) is 3.46. The zero-order valence-corrected chi connectivity index (χ0v) is 13.7. The highest BCUT2D eigenvalue weighted by Crippen LogP contribution is 2.20. The Hall–Kier alpha value is -1.36. The van der Waals surface area contributed by atoms with Gasteiger partial charge in [0.25, 0.3) is 0 Å². The summed E-state index contributed by atoms with van der Waals surface area (Å²) in [6, 6.07) is 0.226. The van der Waals surface area contributed by atoms with Gasteiger partial charge in [0, 0.05) is 36.9 Å². The van der Waals surface area contributed by atoms with Crippen LogP contribution in [0, 0.1) is 19.8 Å². The van der Waals surface area contributed by atoms with Crippen molar-refractivity contribution >= 4 is 5.91 Å². The van der Waals surface area contributed by atoms with Crippen LogP contribution in [0.15, 0.2) is 0 Å². The molecule has 1 unspecified atom stereocenters. The van der Waals surface area contributed by atoms with Crippen LogP contribution in [0.2, 0.25) is 0 Å². The fraction of sp³-hybridized carbons (Fsp3) is 0.750. The van der Waals surface area contributed by atoms with Crippen LogP contribution >= 0.6 is 0 Å². The van der Waals surface area contributed by atoms with Gasteiger partial charge in [-0.15, -0.1) is 0 Å². The maximum Gasteiger partial charge on any atom is 0.227 e. The number of hydrogen-bond donors (Lipinski definition) is 1. The van der Waals surface area contributed by atoms with Crippen molar-refractivity contribution in [2.45, 2.75) is 59.5 Å². The van der Waals surface area contributed by atoms with Crippen molar-refractivity contribution in [3.63, 3.8) is 0 Å². The molecule has 1 saturated heterocycles. The van der Waals surface area contributed by atoms with Crippen LogP contribution in [0.25, 0.3) is 0 Å². The summed E-state index contributed by atoms with van der Waals surface area (Å²) in [5.74, 6) is 0.741. The molecule has 1 aliphatic rings. The first-order valence-electron chi connectivity index (χ1n) is 7.96. The second-order valence-corrected chi connectivity index (χ2v) is 6.52. The first kappa shape index (κ1) is 16.0. The van der Waals surface area contributed by atoms with Gasteiger partial charge in [-0.1, -0.05) is 13.8 Å². The molecular formula is C16H28N4O. The zero-order chi connectivity index (χ0) is 15.6. The van der Waals surface area contributed by atoms with Gasteiger partial charge in [-0.25, -0.2) is 0 Å². The van der Waals surface area contributed by atoms with Gasteiger partial charge in [-0.05, 0) is 32.6 Å². The summed E-state index contributed by atoms with van der Waals surface area (Å²) >= 11 is 0. The molecule has 0 radical (unpaired) electrons. The van der Waals surface area contributed by atoms with Crippen molar-refractivity contribution < 1.29 is 4.79 Å². The Balaban J connectivity index is 2.12. The number of carbonyl (C=O) groups excluding carboxylic acids is 1. The number of nitrogens with zero attached hydrogens (tertiary/aromatic N) is 3. The lowest BCUT2D eigenvalue weighted by Gasteiger charge is -2.23. The lowest BCUT2D eigenvalue weighted by molar-refractivity contribution is -0.131. The van der Waals surface area contributed by atoms with E-state index in [0.717, 1.165) is 42.9 Å². The van der Waals surface area contributed by atoms with E-state index in [-0.39, 0.29) is 11.9 Å². The first-order chi connectivity index (χ1) is 9.93. The molecule has 2 N–H and O–H groups in total. The lowest BCUT2D eigenvalue weighted by atomic mass is 10.1. The van der Waals surface area contributed by atoms with Gasteiger partial charge in [0.05, 0.1) is 12.1 Å². The van der Waals surface area contributed by atoms with Crippen molar-refractivity contribution in [2.24, 2.45) is 11.7 Å². The van der Waals surface area contributed by atoms with E-state index in [9.17, 15) is 4.79 Å². The number of aromatic nitrogens is 2. The molecular weight excluding hydrogens is 264 g/mol. The first-order valence-corrected chi connectivity index (χ1v) is 7.96. The van der Waals surface area contributed by atoms with Gasteiger partial charge in [-0.2, -0.15) is 5.10 Å². The molecule has 0 saturated carbocycles. The normalized spacial score (nSPS) is 18.8. The van der Waals surface area contributed by atoms with Crippen LogP contribution in [0.1, 0.15) is 43.6 Å². The summed E-state index contributed by atoms with van der Waals surface area (Å²) in [4.78, 5) is 14.5. The number of rotatable bonds is 5. The van der Waals surface area contributed by atoms with Gasteiger partial charge in [0.1, 0.15) is 0 Å². The van der Waals surface area contributed by atoms with Crippen molar-refractivity contribution in [3.8, 4) is 0 Å². The molecule has 5 heteroatoms. The summed E-state index contributed by atoms with van der Waals surface area (Å²) in [7, 11) is 0. The summed E-state index contributed by atoms with van der Waals surface area (Å²) in [5, 5.41) is 4.59. The Morgan fingerprint density at radius 1 is 1.43 bits per heavy atom. The maximum atomic E-state index is 12.6. The highest BCUT2D eigenvalue weighted by atomic mass is 16.2. The van der Waals surface area contributed by atoms with Crippen LogP contribution < -0.4 is 5.73 Å². The van der Waals surface area contributed by atoms with E-state index in [1.165, 1.54) is 0 Å². The minimum atomic E-state index is 0.193. The zero-order valence-electron chi connectivity index (χ0n) is 13.7. The third-order valence-corrected chi connectivity index (χ3v) is 4.37. The van der Waals surface area contributed by atoms with Crippen molar-refractivity contribution in [1.82, 2.24) is 14.7 Å². The lowest BCUT2D eigenvalue weighted by Crippen LogP contribution is -2.40. The Bertz CT molecular complexity index is 507. The topological polar surface area (TPSA) is 64.2 Å².